The van der Waals surface area contributed by atoms with Crippen LogP contribution in [-0.2, 0) is 6.54 Å². The summed E-state index contributed by atoms with van der Waals surface area (Å²) in [5, 5.41) is 0. The summed E-state index contributed by atoms with van der Waals surface area (Å²) in [5.41, 5.74) is 9.58. The van der Waals surface area contributed by atoms with E-state index >= 15 is 0 Å². The average Bonchev–Trinajstić information content (AvgIpc) is 3.27. The van der Waals surface area contributed by atoms with Crippen LogP contribution in [0.1, 0.15) is 29.9 Å². The summed E-state index contributed by atoms with van der Waals surface area (Å²) in [6.45, 7) is 4.40. The van der Waals surface area contributed by atoms with Crippen LogP contribution in [-0.4, -0.2) is 37.1 Å². The van der Waals surface area contributed by atoms with E-state index in [1.807, 2.05) is 12.1 Å². The summed E-state index contributed by atoms with van der Waals surface area (Å²) in [7, 11) is 0. The second-order valence-corrected chi connectivity index (χ2v) is 7.31. The Hall–Kier alpha value is -1.62. The maximum atomic E-state index is 14.6. The first-order chi connectivity index (χ1) is 12.2. The molecule has 2 heterocycles. The van der Waals surface area contributed by atoms with Crippen molar-refractivity contribution in [2.24, 2.45) is 5.73 Å². The normalized spacial score (nSPS) is 23.2. The predicted octanol–water partition coefficient (Wildman–Crippen LogP) is 3.77. The van der Waals surface area contributed by atoms with E-state index in [2.05, 4.69) is 40.1 Å². The molecule has 2 N–H and O–H groups in total. The maximum absolute atomic E-state index is 14.6. The third kappa shape index (κ3) is 3.88. The lowest BCUT2D eigenvalue weighted by Gasteiger charge is -2.24. The first-order valence-corrected chi connectivity index (χ1v) is 9.27. The number of likely N-dealkylation sites (tertiary alicyclic amines) is 1. The molecule has 0 aromatic heterocycles. The summed E-state index contributed by atoms with van der Waals surface area (Å²) in [6.07, 6.45) is 2.39. The molecule has 0 unspecified atom stereocenters. The number of rotatable bonds is 4. The zero-order valence-electron chi connectivity index (χ0n) is 15.0. The molecule has 0 spiro atoms. The highest BCUT2D eigenvalue weighted by molar-refractivity contribution is 5.85. The van der Waals surface area contributed by atoms with Gasteiger partial charge in [-0.3, -0.25) is 4.90 Å². The van der Waals surface area contributed by atoms with Gasteiger partial charge in [-0.05, 0) is 30.5 Å². The van der Waals surface area contributed by atoms with Crippen molar-refractivity contribution in [1.29, 1.82) is 0 Å². The van der Waals surface area contributed by atoms with Crippen LogP contribution in [0.25, 0.3) is 0 Å². The molecule has 2 saturated heterocycles. The zero-order valence-corrected chi connectivity index (χ0v) is 15.8. The monoisotopic (exact) mass is 375 g/mol. The number of nitrogens with two attached hydrogens (primary N) is 1. The van der Waals surface area contributed by atoms with E-state index in [0.717, 1.165) is 37.4 Å². The van der Waals surface area contributed by atoms with E-state index in [-0.39, 0.29) is 24.3 Å². The fourth-order valence-corrected chi connectivity index (χ4v) is 4.28. The van der Waals surface area contributed by atoms with Crippen molar-refractivity contribution in [3.8, 4) is 0 Å². The zero-order chi connectivity index (χ0) is 17.2. The molecule has 2 aromatic rings. The summed E-state index contributed by atoms with van der Waals surface area (Å²) >= 11 is 0. The minimum absolute atomic E-state index is 0. The lowest BCUT2D eigenvalue weighted by molar-refractivity contribution is 0.318. The largest absolute Gasteiger partial charge is 0.371 e. The van der Waals surface area contributed by atoms with Gasteiger partial charge in [-0.1, -0.05) is 36.4 Å². The fourth-order valence-electron chi connectivity index (χ4n) is 4.28. The summed E-state index contributed by atoms with van der Waals surface area (Å²) in [4.78, 5) is 4.63. The molecule has 140 valence electrons. The van der Waals surface area contributed by atoms with Gasteiger partial charge in [0.2, 0.25) is 0 Å². The van der Waals surface area contributed by atoms with Crippen molar-refractivity contribution in [2.75, 3.05) is 31.1 Å². The Morgan fingerprint density at radius 1 is 0.962 bits per heavy atom. The summed E-state index contributed by atoms with van der Waals surface area (Å²) in [6, 6.07) is 16.0. The molecule has 5 heteroatoms. The third-order valence-corrected chi connectivity index (χ3v) is 5.59. The van der Waals surface area contributed by atoms with Gasteiger partial charge in [0.05, 0.1) is 0 Å². The lowest BCUT2D eigenvalue weighted by Crippen LogP contribution is -2.29. The number of hydrogen-bond donors (Lipinski definition) is 1. The number of halogens is 2. The van der Waals surface area contributed by atoms with Crippen molar-refractivity contribution in [3.63, 3.8) is 0 Å². The summed E-state index contributed by atoms with van der Waals surface area (Å²) < 4.78 is 14.6. The molecule has 0 bridgehead atoms. The Labute approximate surface area is 161 Å². The smallest absolute Gasteiger partial charge is 0.129 e. The standard InChI is InChI=1S/C21H26FN3.ClH/c22-19-9-6-10-21(25-11-4-5-12-25)18(19)14-24-13-17(20(23)15-24)16-7-2-1-3-8-16;/h1-3,6-10,17,20H,4-5,11-15,23H2;1H/t17-,20+;/m0./s1. The van der Waals surface area contributed by atoms with E-state index in [1.165, 1.54) is 18.4 Å². The minimum atomic E-state index is -0.0962. The Bertz CT molecular complexity index is 718. The first kappa shape index (κ1) is 19.2. The number of anilines is 1. The van der Waals surface area contributed by atoms with Crippen LogP contribution in [0, 0.1) is 5.82 Å². The van der Waals surface area contributed by atoms with Gasteiger partial charge in [0.15, 0.2) is 0 Å². The molecule has 2 aliphatic heterocycles. The van der Waals surface area contributed by atoms with Gasteiger partial charge in [-0.25, -0.2) is 4.39 Å². The van der Waals surface area contributed by atoms with Crippen molar-refractivity contribution in [3.05, 3.63) is 65.5 Å². The van der Waals surface area contributed by atoms with Gasteiger partial charge in [0.25, 0.3) is 0 Å². The molecule has 2 atom stereocenters. The molecule has 2 aromatic carbocycles. The highest BCUT2D eigenvalue weighted by Crippen LogP contribution is 2.31. The Morgan fingerprint density at radius 3 is 2.42 bits per heavy atom. The molecule has 2 fully saturated rings. The number of nitrogens with zero attached hydrogens (tertiary/aromatic N) is 2. The van der Waals surface area contributed by atoms with Crippen molar-refractivity contribution >= 4 is 18.1 Å². The van der Waals surface area contributed by atoms with Crippen LogP contribution < -0.4 is 10.6 Å². The van der Waals surface area contributed by atoms with Gasteiger partial charge < -0.3 is 10.6 Å². The number of hydrogen-bond acceptors (Lipinski definition) is 3. The van der Waals surface area contributed by atoms with Crippen molar-refractivity contribution in [1.82, 2.24) is 4.90 Å². The molecule has 0 aliphatic carbocycles. The molecule has 26 heavy (non-hydrogen) atoms. The highest BCUT2D eigenvalue weighted by atomic mass is 35.5. The fraction of sp³-hybridized carbons (Fsp3) is 0.429. The molecular weight excluding hydrogens is 349 g/mol. The van der Waals surface area contributed by atoms with E-state index in [9.17, 15) is 4.39 Å². The van der Waals surface area contributed by atoms with Gasteiger partial charge >= 0.3 is 0 Å². The van der Waals surface area contributed by atoms with Crippen LogP contribution in [0.15, 0.2) is 48.5 Å². The van der Waals surface area contributed by atoms with Crippen LogP contribution >= 0.6 is 12.4 Å². The van der Waals surface area contributed by atoms with Crippen LogP contribution in [0.2, 0.25) is 0 Å². The Morgan fingerprint density at radius 2 is 1.69 bits per heavy atom. The van der Waals surface area contributed by atoms with Crippen molar-refractivity contribution < 1.29 is 4.39 Å². The van der Waals surface area contributed by atoms with Gasteiger partial charge in [0, 0.05) is 55.9 Å². The quantitative estimate of drug-likeness (QED) is 0.882. The number of benzene rings is 2. The van der Waals surface area contributed by atoms with Crippen molar-refractivity contribution in [2.45, 2.75) is 31.3 Å². The molecule has 3 nitrogen and oxygen atoms in total. The SMILES string of the molecule is Cl.N[C@@H]1CN(Cc2c(F)cccc2N2CCCC2)C[C@H]1c1ccccc1. The first-order valence-electron chi connectivity index (χ1n) is 9.27. The Balaban J connectivity index is 0.00000196. The van der Waals surface area contributed by atoms with Crippen LogP contribution in [0.5, 0.6) is 0 Å². The van der Waals surface area contributed by atoms with E-state index in [0.29, 0.717) is 12.5 Å². The minimum Gasteiger partial charge on any atom is -0.371 e. The van der Waals surface area contributed by atoms with Gasteiger partial charge in [0.1, 0.15) is 5.82 Å². The molecule has 2 aliphatic rings. The highest BCUT2D eigenvalue weighted by Gasteiger charge is 2.32. The van der Waals surface area contributed by atoms with Gasteiger partial charge in [-0.15, -0.1) is 12.4 Å². The van der Waals surface area contributed by atoms with Gasteiger partial charge in [-0.2, -0.15) is 0 Å². The Kier molecular flexibility index (Phi) is 6.17. The molecule has 0 amide bonds. The van der Waals surface area contributed by atoms with Crippen LogP contribution in [0.4, 0.5) is 10.1 Å². The molecule has 4 rings (SSSR count). The van der Waals surface area contributed by atoms with Crippen LogP contribution in [0.3, 0.4) is 0 Å². The topological polar surface area (TPSA) is 32.5 Å². The second-order valence-electron chi connectivity index (χ2n) is 7.31. The molecular formula is C21H27ClFN3. The maximum Gasteiger partial charge on any atom is 0.129 e. The predicted molar refractivity (Wildman–Crippen MR) is 108 cm³/mol. The second kappa shape index (κ2) is 8.38. The molecule has 0 saturated carbocycles. The van der Waals surface area contributed by atoms with E-state index < -0.39 is 0 Å². The third-order valence-electron chi connectivity index (χ3n) is 5.59. The lowest BCUT2D eigenvalue weighted by atomic mass is 9.95. The molecule has 0 radical (unpaired) electrons. The average molecular weight is 376 g/mol. The summed E-state index contributed by atoms with van der Waals surface area (Å²) in [5.74, 6) is 0.226. The van der Waals surface area contributed by atoms with E-state index in [1.54, 1.807) is 6.07 Å². The van der Waals surface area contributed by atoms with E-state index in [4.69, 9.17) is 5.73 Å².